The van der Waals surface area contributed by atoms with Gasteiger partial charge in [0.15, 0.2) is 6.61 Å². The van der Waals surface area contributed by atoms with Gasteiger partial charge in [-0.3, -0.25) is 4.79 Å². The van der Waals surface area contributed by atoms with Crippen LogP contribution in [-0.4, -0.2) is 24.9 Å². The fraction of sp³-hybridized carbons (Fsp3) is 0.600. The van der Waals surface area contributed by atoms with Crippen LogP contribution in [0.15, 0.2) is 18.2 Å². The summed E-state index contributed by atoms with van der Waals surface area (Å²) in [5.41, 5.74) is 1.61. The molecule has 25 heavy (non-hydrogen) atoms. The van der Waals surface area contributed by atoms with Crippen molar-refractivity contribution in [3.05, 3.63) is 29.3 Å². The Hall–Kier alpha value is -1.55. The third-order valence-corrected chi connectivity index (χ3v) is 6.61. The lowest BCUT2D eigenvalue weighted by atomic mass is 9.48. The summed E-state index contributed by atoms with van der Waals surface area (Å²) in [5.74, 6) is 2.60. The third kappa shape index (κ3) is 3.05. The highest BCUT2D eigenvalue weighted by Gasteiger charge is 2.52. The van der Waals surface area contributed by atoms with Gasteiger partial charge >= 0.3 is 5.97 Å². The first-order chi connectivity index (χ1) is 12.0. The first kappa shape index (κ1) is 16.9. The highest BCUT2D eigenvalue weighted by atomic mass is 35.5. The van der Waals surface area contributed by atoms with E-state index in [9.17, 15) is 9.59 Å². The normalized spacial score (nSPS) is 32.5. The van der Waals surface area contributed by atoms with Crippen LogP contribution in [0.4, 0.5) is 0 Å². The Kier molecular flexibility index (Phi) is 4.27. The second-order valence-corrected chi connectivity index (χ2v) is 8.39. The maximum absolute atomic E-state index is 11.7. The molecule has 4 nitrogen and oxygen atoms in total. The summed E-state index contributed by atoms with van der Waals surface area (Å²) in [6, 6.07) is 5.35. The van der Waals surface area contributed by atoms with E-state index in [2.05, 4.69) is 4.74 Å². The van der Waals surface area contributed by atoms with E-state index in [1.165, 1.54) is 26.4 Å². The molecule has 134 valence electrons. The van der Waals surface area contributed by atoms with E-state index in [1.54, 1.807) is 12.1 Å². The predicted octanol–water partition coefficient (Wildman–Crippen LogP) is 4.09. The minimum Gasteiger partial charge on any atom is -0.482 e. The lowest BCUT2D eigenvalue weighted by Crippen LogP contribution is -2.48. The highest BCUT2D eigenvalue weighted by molar-refractivity contribution is 6.67. The summed E-state index contributed by atoms with van der Waals surface area (Å²) in [7, 11) is 1.35. The number of ether oxygens (including phenoxy) is 2. The van der Waals surface area contributed by atoms with E-state index >= 15 is 0 Å². The standard InChI is InChI=1S/C20H23ClO4/c1-24-18(22)11-25-17-3-2-15(19(21)23)7-16(17)20-8-12-4-13(9-20)6-14(5-12)10-20/h2-3,7,12-14H,4-6,8-11H2,1H3. The number of rotatable bonds is 5. The quantitative estimate of drug-likeness (QED) is 0.585. The molecule has 0 spiro atoms. The zero-order valence-electron chi connectivity index (χ0n) is 14.4. The van der Waals surface area contributed by atoms with Gasteiger partial charge < -0.3 is 9.47 Å². The van der Waals surface area contributed by atoms with Crippen LogP contribution in [0, 0.1) is 17.8 Å². The highest BCUT2D eigenvalue weighted by Crippen LogP contribution is 2.61. The molecule has 0 amide bonds. The molecule has 0 saturated heterocycles. The molecule has 4 fully saturated rings. The number of carbonyl (C=O) groups is 2. The summed E-state index contributed by atoms with van der Waals surface area (Å²) >= 11 is 5.73. The van der Waals surface area contributed by atoms with E-state index in [1.807, 2.05) is 6.07 Å². The van der Waals surface area contributed by atoms with Crippen LogP contribution in [0.5, 0.6) is 5.75 Å². The molecule has 4 saturated carbocycles. The van der Waals surface area contributed by atoms with Crippen molar-refractivity contribution in [1.82, 2.24) is 0 Å². The van der Waals surface area contributed by atoms with Gasteiger partial charge in [0.25, 0.3) is 5.24 Å². The average Bonchev–Trinajstić information content (AvgIpc) is 2.58. The van der Waals surface area contributed by atoms with Crippen LogP contribution in [0.3, 0.4) is 0 Å². The number of methoxy groups -OCH3 is 1. The molecule has 0 atom stereocenters. The van der Waals surface area contributed by atoms with E-state index in [-0.39, 0.29) is 12.0 Å². The number of hydrogen-bond donors (Lipinski definition) is 0. The van der Waals surface area contributed by atoms with Crippen molar-refractivity contribution in [3.63, 3.8) is 0 Å². The van der Waals surface area contributed by atoms with Crippen molar-refractivity contribution in [2.24, 2.45) is 17.8 Å². The van der Waals surface area contributed by atoms with Gasteiger partial charge in [0, 0.05) is 11.1 Å². The lowest BCUT2D eigenvalue weighted by Gasteiger charge is -2.57. The Bertz CT molecular complexity index is 676. The zero-order valence-corrected chi connectivity index (χ0v) is 15.2. The lowest BCUT2D eigenvalue weighted by molar-refractivity contribution is -0.143. The molecule has 0 aliphatic heterocycles. The summed E-state index contributed by atoms with van der Waals surface area (Å²) in [4.78, 5) is 23.2. The first-order valence-corrected chi connectivity index (χ1v) is 9.41. The molecular weight excluding hydrogens is 340 g/mol. The maximum Gasteiger partial charge on any atom is 0.343 e. The van der Waals surface area contributed by atoms with E-state index in [0.29, 0.717) is 11.3 Å². The second-order valence-electron chi connectivity index (χ2n) is 8.05. The predicted molar refractivity (Wildman–Crippen MR) is 94.0 cm³/mol. The smallest absolute Gasteiger partial charge is 0.343 e. The van der Waals surface area contributed by atoms with Crippen LogP contribution >= 0.6 is 11.6 Å². The number of halogens is 1. The molecule has 0 unspecified atom stereocenters. The molecule has 5 heteroatoms. The summed E-state index contributed by atoms with van der Waals surface area (Å²) in [5, 5.41) is -0.453. The zero-order chi connectivity index (χ0) is 17.6. The molecule has 0 aromatic heterocycles. The minimum atomic E-state index is -0.453. The molecule has 4 bridgehead atoms. The maximum atomic E-state index is 11.7. The minimum absolute atomic E-state index is 0.0581. The van der Waals surface area contributed by atoms with Gasteiger partial charge in [-0.15, -0.1) is 0 Å². The van der Waals surface area contributed by atoms with Crippen molar-refractivity contribution >= 4 is 22.8 Å². The SMILES string of the molecule is COC(=O)COc1ccc(C(=O)Cl)cc1C12CC3CC(CC(C3)C1)C2. The number of benzene rings is 1. The van der Waals surface area contributed by atoms with Gasteiger partial charge in [-0.05, 0) is 91.5 Å². The van der Waals surface area contributed by atoms with Crippen LogP contribution in [0.2, 0.25) is 0 Å². The van der Waals surface area contributed by atoms with E-state index < -0.39 is 11.2 Å². The molecule has 4 aliphatic carbocycles. The second kappa shape index (κ2) is 6.31. The topological polar surface area (TPSA) is 52.6 Å². The van der Waals surface area contributed by atoms with Crippen LogP contribution in [0.1, 0.15) is 54.4 Å². The van der Waals surface area contributed by atoms with Crippen LogP contribution in [0.25, 0.3) is 0 Å². The Labute approximate surface area is 152 Å². The fourth-order valence-corrected chi connectivity index (χ4v) is 5.95. The van der Waals surface area contributed by atoms with Crippen molar-refractivity contribution in [2.75, 3.05) is 13.7 Å². The van der Waals surface area contributed by atoms with E-state index in [0.717, 1.165) is 42.6 Å². The largest absolute Gasteiger partial charge is 0.482 e. The summed E-state index contributed by atoms with van der Waals surface area (Å²) in [6.07, 6.45) is 7.46. The Morgan fingerprint density at radius 1 is 1.12 bits per heavy atom. The average molecular weight is 363 g/mol. The van der Waals surface area contributed by atoms with Gasteiger partial charge in [0.2, 0.25) is 0 Å². The fourth-order valence-electron chi connectivity index (χ4n) is 5.83. The Morgan fingerprint density at radius 3 is 2.24 bits per heavy atom. The summed E-state index contributed by atoms with van der Waals surface area (Å²) < 4.78 is 10.5. The molecule has 1 aromatic carbocycles. The Morgan fingerprint density at radius 2 is 1.72 bits per heavy atom. The third-order valence-electron chi connectivity index (χ3n) is 6.39. The number of hydrogen-bond acceptors (Lipinski definition) is 4. The molecule has 0 N–H and O–H groups in total. The molecular formula is C20H23ClO4. The van der Waals surface area contributed by atoms with Crippen molar-refractivity contribution in [2.45, 2.75) is 43.9 Å². The number of carbonyl (C=O) groups excluding carboxylic acids is 2. The molecule has 4 aliphatic rings. The monoisotopic (exact) mass is 362 g/mol. The molecule has 0 radical (unpaired) electrons. The van der Waals surface area contributed by atoms with Crippen molar-refractivity contribution < 1.29 is 19.1 Å². The van der Waals surface area contributed by atoms with Gasteiger partial charge in [-0.2, -0.15) is 0 Å². The summed E-state index contributed by atoms with van der Waals surface area (Å²) in [6.45, 7) is -0.121. The Balaban J connectivity index is 1.72. The first-order valence-electron chi connectivity index (χ1n) is 9.03. The van der Waals surface area contributed by atoms with Gasteiger partial charge in [-0.1, -0.05) is 0 Å². The van der Waals surface area contributed by atoms with E-state index in [4.69, 9.17) is 16.3 Å². The van der Waals surface area contributed by atoms with Crippen molar-refractivity contribution in [1.29, 1.82) is 0 Å². The van der Waals surface area contributed by atoms with Gasteiger partial charge in [-0.25, -0.2) is 4.79 Å². The molecule has 5 rings (SSSR count). The van der Waals surface area contributed by atoms with Gasteiger partial charge in [0.05, 0.1) is 7.11 Å². The van der Waals surface area contributed by atoms with Crippen LogP contribution < -0.4 is 4.74 Å². The number of esters is 1. The van der Waals surface area contributed by atoms with Crippen molar-refractivity contribution in [3.8, 4) is 5.75 Å². The molecule has 0 heterocycles. The molecule has 1 aromatic rings. The van der Waals surface area contributed by atoms with Crippen LogP contribution in [-0.2, 0) is 14.9 Å². The van der Waals surface area contributed by atoms with Gasteiger partial charge in [0.1, 0.15) is 5.75 Å².